The summed E-state index contributed by atoms with van der Waals surface area (Å²) in [7, 11) is 0. The highest BCUT2D eigenvalue weighted by atomic mass is 16.6. The Morgan fingerprint density at radius 2 is 2.33 bits per heavy atom. The van der Waals surface area contributed by atoms with E-state index in [9.17, 15) is 10.1 Å². The Kier molecular flexibility index (Phi) is 2.40. The largest absolute Gasteiger partial charge is 0.343 e. The van der Waals surface area contributed by atoms with Crippen molar-refractivity contribution in [2.24, 2.45) is 0 Å². The van der Waals surface area contributed by atoms with Gasteiger partial charge in [0.25, 0.3) is 5.69 Å². The fourth-order valence-corrected chi connectivity index (χ4v) is 1.23. The molecule has 0 saturated heterocycles. The summed E-state index contributed by atoms with van der Waals surface area (Å²) in [5.41, 5.74) is 0.849. The molecule has 0 atom stereocenters. The molecule has 0 aliphatic rings. The molecule has 6 heteroatoms. The molecule has 0 radical (unpaired) electrons. The minimum absolute atomic E-state index is 0.0657. The van der Waals surface area contributed by atoms with Crippen molar-refractivity contribution in [3.63, 3.8) is 0 Å². The lowest BCUT2D eigenvalue weighted by molar-refractivity contribution is -0.384. The van der Waals surface area contributed by atoms with Crippen LogP contribution in [0.3, 0.4) is 0 Å². The first-order valence-electron chi connectivity index (χ1n) is 4.24. The average Bonchev–Trinajstić information content (AvgIpc) is 2.71. The highest BCUT2D eigenvalue weighted by Gasteiger charge is 2.07. The maximum absolute atomic E-state index is 10.5. The highest BCUT2D eigenvalue weighted by Crippen LogP contribution is 2.14. The molecule has 0 amide bonds. The number of nitro groups is 1. The summed E-state index contributed by atoms with van der Waals surface area (Å²) in [5.74, 6) is 0.510. The van der Waals surface area contributed by atoms with Gasteiger partial charge in [0.1, 0.15) is 0 Å². The minimum Gasteiger partial charge on any atom is -0.343 e. The van der Waals surface area contributed by atoms with Crippen LogP contribution in [0.25, 0.3) is 0 Å². The lowest BCUT2D eigenvalue weighted by Crippen LogP contribution is -1.93. The standard InChI is InChI=1S/C9H7N3O3/c13-12(14)8-3-1-2-7(4-8)5-9-10-6-15-11-9/h1-4,6H,5H2. The summed E-state index contributed by atoms with van der Waals surface area (Å²) in [6.45, 7) is 0. The second-order valence-corrected chi connectivity index (χ2v) is 2.95. The van der Waals surface area contributed by atoms with E-state index in [4.69, 9.17) is 0 Å². The molecule has 2 rings (SSSR count). The zero-order valence-electron chi connectivity index (χ0n) is 7.66. The Morgan fingerprint density at radius 1 is 1.47 bits per heavy atom. The summed E-state index contributed by atoms with van der Waals surface area (Å²) in [4.78, 5) is 13.9. The predicted octanol–water partition coefficient (Wildman–Crippen LogP) is 1.57. The normalized spacial score (nSPS) is 10.1. The van der Waals surface area contributed by atoms with Gasteiger partial charge in [-0.1, -0.05) is 17.3 Å². The molecule has 1 aromatic heterocycles. The molecule has 1 heterocycles. The smallest absolute Gasteiger partial charge is 0.269 e. The van der Waals surface area contributed by atoms with E-state index < -0.39 is 4.92 Å². The van der Waals surface area contributed by atoms with Crippen LogP contribution in [0.1, 0.15) is 11.4 Å². The molecular weight excluding hydrogens is 198 g/mol. The zero-order valence-corrected chi connectivity index (χ0v) is 7.66. The topological polar surface area (TPSA) is 82.1 Å². The first-order valence-corrected chi connectivity index (χ1v) is 4.24. The van der Waals surface area contributed by atoms with Gasteiger partial charge >= 0.3 is 0 Å². The van der Waals surface area contributed by atoms with E-state index in [1.54, 1.807) is 12.1 Å². The van der Waals surface area contributed by atoms with E-state index >= 15 is 0 Å². The maximum Gasteiger partial charge on any atom is 0.269 e. The molecule has 0 aliphatic carbocycles. The fourth-order valence-electron chi connectivity index (χ4n) is 1.23. The molecule has 0 spiro atoms. The van der Waals surface area contributed by atoms with Gasteiger partial charge in [-0.15, -0.1) is 0 Å². The molecule has 2 aromatic rings. The van der Waals surface area contributed by atoms with Crippen LogP contribution >= 0.6 is 0 Å². The SMILES string of the molecule is O=[N+]([O-])c1cccc(Cc2ncon2)c1. The first-order chi connectivity index (χ1) is 7.25. The van der Waals surface area contributed by atoms with E-state index in [1.807, 2.05) is 0 Å². The lowest BCUT2D eigenvalue weighted by atomic mass is 10.1. The second-order valence-electron chi connectivity index (χ2n) is 2.95. The summed E-state index contributed by atoms with van der Waals surface area (Å²) < 4.78 is 4.57. The van der Waals surface area contributed by atoms with Crippen molar-refractivity contribution < 1.29 is 9.45 Å². The van der Waals surface area contributed by atoms with Crippen molar-refractivity contribution >= 4 is 5.69 Å². The molecule has 76 valence electrons. The van der Waals surface area contributed by atoms with Crippen molar-refractivity contribution in [3.8, 4) is 0 Å². The molecule has 0 fully saturated rings. The van der Waals surface area contributed by atoms with Crippen LogP contribution in [0.2, 0.25) is 0 Å². The number of nitro benzene ring substituents is 1. The van der Waals surface area contributed by atoms with Gasteiger partial charge < -0.3 is 4.52 Å². The van der Waals surface area contributed by atoms with E-state index in [2.05, 4.69) is 14.7 Å². The number of hydrogen-bond donors (Lipinski definition) is 0. The van der Waals surface area contributed by atoms with Crippen LogP contribution in [0, 0.1) is 10.1 Å². The van der Waals surface area contributed by atoms with Crippen LogP contribution in [0.15, 0.2) is 35.2 Å². The van der Waals surface area contributed by atoms with E-state index in [-0.39, 0.29) is 5.69 Å². The van der Waals surface area contributed by atoms with Crippen LogP contribution < -0.4 is 0 Å². The lowest BCUT2D eigenvalue weighted by Gasteiger charge is -1.96. The summed E-state index contributed by atoms with van der Waals surface area (Å²) in [6.07, 6.45) is 1.66. The summed E-state index contributed by atoms with van der Waals surface area (Å²) in [6, 6.07) is 6.35. The first kappa shape index (κ1) is 9.32. The number of nitrogens with zero attached hydrogens (tertiary/aromatic N) is 3. The predicted molar refractivity (Wildman–Crippen MR) is 50.2 cm³/mol. The third-order valence-electron chi connectivity index (χ3n) is 1.89. The van der Waals surface area contributed by atoms with Crippen LogP contribution in [-0.4, -0.2) is 15.1 Å². The number of aromatic nitrogens is 2. The number of hydrogen-bond acceptors (Lipinski definition) is 5. The van der Waals surface area contributed by atoms with Gasteiger partial charge in [-0.25, -0.2) is 0 Å². The van der Waals surface area contributed by atoms with Crippen molar-refractivity contribution in [1.82, 2.24) is 10.1 Å². The molecule has 0 N–H and O–H groups in total. The Balaban J connectivity index is 2.22. The fraction of sp³-hybridized carbons (Fsp3) is 0.111. The molecule has 0 aliphatic heterocycles. The van der Waals surface area contributed by atoms with E-state index in [0.717, 1.165) is 5.56 Å². The Morgan fingerprint density at radius 3 is 3.00 bits per heavy atom. The van der Waals surface area contributed by atoms with Gasteiger partial charge in [0, 0.05) is 18.6 Å². The van der Waals surface area contributed by atoms with Crippen LogP contribution in [0.4, 0.5) is 5.69 Å². The maximum atomic E-state index is 10.5. The van der Waals surface area contributed by atoms with Gasteiger partial charge in [-0.05, 0) is 5.56 Å². The third-order valence-corrected chi connectivity index (χ3v) is 1.89. The van der Waals surface area contributed by atoms with E-state index in [0.29, 0.717) is 12.2 Å². The second kappa shape index (κ2) is 3.87. The van der Waals surface area contributed by atoms with Gasteiger partial charge in [0.2, 0.25) is 6.39 Å². The van der Waals surface area contributed by atoms with Crippen molar-refractivity contribution in [3.05, 3.63) is 52.2 Å². The summed E-state index contributed by atoms with van der Waals surface area (Å²) in [5, 5.41) is 14.1. The third kappa shape index (κ3) is 2.16. The van der Waals surface area contributed by atoms with Crippen molar-refractivity contribution in [1.29, 1.82) is 0 Å². The average molecular weight is 205 g/mol. The molecule has 0 bridgehead atoms. The number of benzene rings is 1. The monoisotopic (exact) mass is 205 g/mol. The van der Waals surface area contributed by atoms with Crippen molar-refractivity contribution in [2.75, 3.05) is 0 Å². The number of non-ortho nitro benzene ring substituents is 1. The minimum atomic E-state index is -0.431. The Bertz CT molecular complexity index is 467. The molecular formula is C9H7N3O3. The van der Waals surface area contributed by atoms with Crippen LogP contribution in [-0.2, 0) is 6.42 Å². The number of rotatable bonds is 3. The zero-order chi connectivity index (χ0) is 10.7. The van der Waals surface area contributed by atoms with E-state index in [1.165, 1.54) is 18.5 Å². The molecule has 0 unspecified atom stereocenters. The van der Waals surface area contributed by atoms with Gasteiger partial charge in [0.15, 0.2) is 5.82 Å². The molecule has 6 nitrogen and oxygen atoms in total. The highest BCUT2D eigenvalue weighted by molar-refractivity contribution is 5.35. The Labute approximate surface area is 84.7 Å². The van der Waals surface area contributed by atoms with Crippen molar-refractivity contribution in [2.45, 2.75) is 6.42 Å². The molecule has 1 aromatic carbocycles. The summed E-state index contributed by atoms with van der Waals surface area (Å²) >= 11 is 0. The van der Waals surface area contributed by atoms with Crippen LogP contribution in [0.5, 0.6) is 0 Å². The van der Waals surface area contributed by atoms with Gasteiger partial charge in [-0.3, -0.25) is 10.1 Å². The van der Waals surface area contributed by atoms with Gasteiger partial charge in [-0.2, -0.15) is 4.98 Å². The quantitative estimate of drug-likeness (QED) is 0.561. The Hall–Kier alpha value is -2.24. The molecule has 0 saturated carbocycles. The van der Waals surface area contributed by atoms with Gasteiger partial charge in [0.05, 0.1) is 4.92 Å². The molecule has 15 heavy (non-hydrogen) atoms.